The van der Waals surface area contributed by atoms with Crippen molar-refractivity contribution < 1.29 is 9.53 Å². The monoisotopic (exact) mass is 542 g/mol. The highest BCUT2D eigenvalue weighted by atomic mass is 127. The largest absolute Gasteiger partial charge is 0.489 e. The molecule has 3 aromatic rings. The number of halogens is 1. The second-order valence-corrected chi connectivity index (χ2v) is 9.55. The average molecular weight is 542 g/mol. The highest BCUT2D eigenvalue weighted by Crippen LogP contribution is 2.30. The smallest absolute Gasteiger partial charge is 0.260 e. The summed E-state index contributed by atoms with van der Waals surface area (Å²) in [6.45, 7) is 2.66. The predicted octanol–water partition coefficient (Wildman–Crippen LogP) is 6.03. The van der Waals surface area contributed by atoms with Gasteiger partial charge in [0.25, 0.3) is 5.91 Å². The number of benzene rings is 3. The Morgan fingerprint density at radius 2 is 1.68 bits per heavy atom. The van der Waals surface area contributed by atoms with Gasteiger partial charge in [0.1, 0.15) is 12.4 Å². The number of hydrogen-bond donors (Lipinski definition) is 2. The molecule has 1 aliphatic heterocycles. The van der Waals surface area contributed by atoms with Crippen LogP contribution in [0.25, 0.3) is 6.08 Å². The van der Waals surface area contributed by atoms with Crippen molar-refractivity contribution in [2.24, 2.45) is 0 Å². The van der Waals surface area contributed by atoms with Crippen molar-refractivity contribution in [3.05, 3.63) is 98.0 Å². The number of rotatable bonds is 7. The van der Waals surface area contributed by atoms with Crippen LogP contribution in [0.5, 0.6) is 5.75 Å². The highest BCUT2D eigenvalue weighted by molar-refractivity contribution is 14.1. The molecule has 0 radical (unpaired) electrons. The first-order chi connectivity index (χ1) is 15.1. The summed E-state index contributed by atoms with van der Waals surface area (Å²) in [7, 11) is 0. The van der Waals surface area contributed by atoms with Gasteiger partial charge in [0.05, 0.1) is 4.91 Å². The number of carbonyl (C=O) groups excluding carboxylic acids is 1. The molecule has 1 atom stereocenters. The Morgan fingerprint density at radius 3 is 2.35 bits per heavy atom. The molecule has 2 N–H and O–H groups in total. The third kappa shape index (κ3) is 6.04. The zero-order chi connectivity index (χ0) is 21.6. The van der Waals surface area contributed by atoms with Crippen LogP contribution in [0, 0.1) is 3.57 Å². The number of nitrogens with one attached hydrogen (secondary N) is 2. The van der Waals surface area contributed by atoms with E-state index >= 15 is 0 Å². The predicted molar refractivity (Wildman–Crippen MR) is 137 cm³/mol. The van der Waals surface area contributed by atoms with Gasteiger partial charge >= 0.3 is 0 Å². The second-order valence-electron chi connectivity index (χ2n) is 7.16. The van der Waals surface area contributed by atoms with Crippen LogP contribution < -0.4 is 15.4 Å². The van der Waals surface area contributed by atoms with Crippen molar-refractivity contribution in [2.45, 2.75) is 25.4 Å². The van der Waals surface area contributed by atoms with Crippen molar-refractivity contribution >= 4 is 52.0 Å². The zero-order valence-corrected chi connectivity index (χ0v) is 20.1. The van der Waals surface area contributed by atoms with Gasteiger partial charge in [-0.15, -0.1) is 0 Å². The first-order valence-corrected chi connectivity index (χ1v) is 12.1. The van der Waals surface area contributed by atoms with Gasteiger partial charge in [0.2, 0.25) is 0 Å². The van der Waals surface area contributed by atoms with E-state index in [1.165, 1.54) is 20.9 Å². The lowest BCUT2D eigenvalue weighted by Crippen LogP contribution is -2.30. The minimum Gasteiger partial charge on any atom is -0.489 e. The molecule has 0 unspecified atom stereocenters. The van der Waals surface area contributed by atoms with Gasteiger partial charge in [-0.3, -0.25) is 4.79 Å². The zero-order valence-electron chi connectivity index (χ0n) is 17.1. The Bertz CT molecular complexity index is 1060. The molecule has 1 heterocycles. The SMILES string of the molecule is CCc1ccc(N[C@H]2NC(=O)/C(=C/c3ccc(OCc4ccc(I)cc4)cc3)S2)cc1. The molecule has 3 aromatic carbocycles. The maximum atomic E-state index is 12.4. The fourth-order valence-corrected chi connectivity index (χ4v) is 4.46. The quantitative estimate of drug-likeness (QED) is 0.283. The van der Waals surface area contributed by atoms with Crippen LogP contribution in [0.3, 0.4) is 0 Å². The molecule has 31 heavy (non-hydrogen) atoms. The highest BCUT2D eigenvalue weighted by Gasteiger charge is 2.27. The summed E-state index contributed by atoms with van der Waals surface area (Å²) >= 11 is 3.78. The molecule has 158 valence electrons. The van der Waals surface area contributed by atoms with E-state index in [-0.39, 0.29) is 11.4 Å². The van der Waals surface area contributed by atoms with Crippen LogP contribution in [0.15, 0.2) is 77.7 Å². The first-order valence-electron chi connectivity index (χ1n) is 10.1. The van der Waals surface area contributed by atoms with Crippen LogP contribution in [0.4, 0.5) is 5.69 Å². The van der Waals surface area contributed by atoms with Crippen LogP contribution in [-0.2, 0) is 17.8 Å². The summed E-state index contributed by atoms with van der Waals surface area (Å²) < 4.78 is 7.07. The average Bonchev–Trinajstić information content (AvgIpc) is 3.13. The number of carbonyl (C=O) groups is 1. The summed E-state index contributed by atoms with van der Waals surface area (Å²) in [5.41, 5.74) is 4.20. The van der Waals surface area contributed by atoms with Crippen LogP contribution >= 0.6 is 34.4 Å². The van der Waals surface area contributed by atoms with Gasteiger partial charge in [0, 0.05) is 9.26 Å². The van der Waals surface area contributed by atoms with Gasteiger partial charge in [-0.1, -0.05) is 55.1 Å². The maximum absolute atomic E-state index is 12.4. The summed E-state index contributed by atoms with van der Waals surface area (Å²) in [5, 5.41) is 6.33. The van der Waals surface area contributed by atoms with Crippen molar-refractivity contribution in [1.82, 2.24) is 5.32 Å². The second kappa shape index (κ2) is 10.2. The van der Waals surface area contributed by atoms with Gasteiger partial charge in [-0.05, 0) is 88.2 Å². The molecule has 1 fully saturated rings. The molecule has 1 saturated heterocycles. The number of ether oxygens (including phenoxy) is 1. The van der Waals surface area contributed by atoms with Crippen LogP contribution in [0.1, 0.15) is 23.6 Å². The van der Waals surface area contributed by atoms with E-state index < -0.39 is 0 Å². The van der Waals surface area contributed by atoms with Crippen molar-refractivity contribution in [1.29, 1.82) is 0 Å². The molecule has 6 heteroatoms. The number of anilines is 1. The first kappa shape index (κ1) is 21.8. The lowest BCUT2D eigenvalue weighted by molar-refractivity contribution is -0.116. The summed E-state index contributed by atoms with van der Waals surface area (Å²) in [6, 6.07) is 24.4. The van der Waals surface area contributed by atoms with E-state index in [1.54, 1.807) is 0 Å². The standard InChI is InChI=1S/C25H23IN2O2S/c1-2-17-5-11-21(12-6-17)27-25-28-24(29)23(31-25)15-18-7-13-22(14-8-18)30-16-19-3-9-20(26)10-4-19/h3-15,25,27H,2,16H2,1H3,(H,28,29)/b23-15-/t25-/m0/s1. The fraction of sp³-hybridized carbons (Fsp3) is 0.160. The molecule has 0 aromatic heterocycles. The minimum absolute atomic E-state index is 0.0632. The van der Waals surface area contributed by atoms with E-state index in [1.807, 2.05) is 42.5 Å². The van der Waals surface area contributed by atoms with Gasteiger partial charge < -0.3 is 15.4 Å². The number of thioether (sulfide) groups is 1. The normalized spacial score (nSPS) is 16.9. The lowest BCUT2D eigenvalue weighted by Gasteiger charge is -2.12. The third-order valence-electron chi connectivity index (χ3n) is 4.89. The topological polar surface area (TPSA) is 50.4 Å². The summed E-state index contributed by atoms with van der Waals surface area (Å²) in [5.74, 6) is 0.742. The molecule has 4 nitrogen and oxygen atoms in total. The fourth-order valence-electron chi connectivity index (χ4n) is 3.11. The Labute approximate surface area is 200 Å². The Hall–Kier alpha value is -2.45. The summed E-state index contributed by atoms with van der Waals surface area (Å²) in [4.78, 5) is 13.1. The maximum Gasteiger partial charge on any atom is 0.260 e. The Morgan fingerprint density at radius 1 is 1.00 bits per heavy atom. The van der Waals surface area contributed by atoms with E-state index in [9.17, 15) is 4.79 Å². The van der Waals surface area contributed by atoms with E-state index in [4.69, 9.17) is 4.74 Å². The third-order valence-corrected chi connectivity index (χ3v) is 6.64. The molecule has 1 amide bonds. The van der Waals surface area contributed by atoms with Gasteiger partial charge in [0.15, 0.2) is 5.50 Å². The molecular formula is C25H23IN2O2S. The van der Waals surface area contributed by atoms with Crippen LogP contribution in [-0.4, -0.2) is 11.4 Å². The Balaban J connectivity index is 1.34. The van der Waals surface area contributed by atoms with Crippen LogP contribution in [0.2, 0.25) is 0 Å². The van der Waals surface area contributed by atoms with E-state index in [0.717, 1.165) is 29.0 Å². The number of aryl methyl sites for hydroxylation is 1. The number of hydrogen-bond acceptors (Lipinski definition) is 4. The molecule has 0 spiro atoms. The van der Waals surface area contributed by atoms with E-state index in [2.05, 4.69) is 76.5 Å². The van der Waals surface area contributed by atoms with Gasteiger partial charge in [-0.25, -0.2) is 0 Å². The van der Waals surface area contributed by atoms with Crippen molar-refractivity contribution in [3.63, 3.8) is 0 Å². The van der Waals surface area contributed by atoms with Gasteiger partial charge in [-0.2, -0.15) is 0 Å². The molecule has 0 bridgehead atoms. The summed E-state index contributed by atoms with van der Waals surface area (Å²) in [6.07, 6.45) is 2.92. The van der Waals surface area contributed by atoms with Crippen molar-refractivity contribution in [3.8, 4) is 5.75 Å². The lowest BCUT2D eigenvalue weighted by atomic mass is 10.1. The number of amides is 1. The molecular weight excluding hydrogens is 519 g/mol. The molecule has 4 rings (SSSR count). The van der Waals surface area contributed by atoms with Crippen molar-refractivity contribution in [2.75, 3.05) is 5.32 Å². The Kier molecular flexibility index (Phi) is 7.19. The molecule has 1 aliphatic rings. The molecule has 0 aliphatic carbocycles. The molecule has 0 saturated carbocycles. The minimum atomic E-state index is -0.178. The van der Waals surface area contributed by atoms with E-state index in [0.29, 0.717) is 11.5 Å².